The maximum Gasteiger partial charge on any atom is 0.246 e. The van der Waals surface area contributed by atoms with Crippen LogP contribution in [0.25, 0.3) is 10.9 Å². The second kappa shape index (κ2) is 7.54. The topological polar surface area (TPSA) is 95.2 Å². The zero-order chi connectivity index (χ0) is 19.7. The van der Waals surface area contributed by atoms with Gasteiger partial charge in [0.25, 0.3) is 0 Å². The van der Waals surface area contributed by atoms with E-state index in [2.05, 4.69) is 15.3 Å². The van der Waals surface area contributed by atoms with Crippen LogP contribution in [0, 0.1) is 5.92 Å². The molecule has 2 N–H and O–H groups in total. The van der Waals surface area contributed by atoms with Crippen molar-refractivity contribution in [2.75, 3.05) is 18.4 Å². The Labute approximate surface area is 167 Å². The lowest BCUT2D eigenvalue weighted by atomic mass is 9.97. The van der Waals surface area contributed by atoms with Gasteiger partial charge in [0.15, 0.2) is 0 Å². The van der Waals surface area contributed by atoms with Crippen LogP contribution in [-0.4, -0.2) is 41.7 Å². The summed E-state index contributed by atoms with van der Waals surface area (Å²) in [4.78, 5) is 19.7. The van der Waals surface area contributed by atoms with Gasteiger partial charge in [0.2, 0.25) is 15.9 Å². The first kappa shape index (κ1) is 18.9. The standard InChI is InChI=1S/C19H19ClN4O3S/c20-18-17(5-2-9-22-18)28(26,27)24-11-7-13(8-12-24)19(25)23-16-4-1-3-15-14(16)6-10-21-15/h1-6,9-10,13,21H,7-8,11-12H2,(H,23,25). The number of nitrogens with zero attached hydrogens (tertiary/aromatic N) is 2. The van der Waals surface area contributed by atoms with E-state index in [9.17, 15) is 13.2 Å². The Balaban J connectivity index is 1.43. The highest BCUT2D eigenvalue weighted by atomic mass is 35.5. The number of pyridine rings is 1. The molecule has 1 aliphatic rings. The van der Waals surface area contributed by atoms with Crippen molar-refractivity contribution < 1.29 is 13.2 Å². The van der Waals surface area contributed by atoms with Gasteiger partial charge in [-0.3, -0.25) is 4.79 Å². The molecule has 0 spiro atoms. The quantitative estimate of drug-likeness (QED) is 0.636. The summed E-state index contributed by atoms with van der Waals surface area (Å²) < 4.78 is 26.9. The molecule has 0 saturated carbocycles. The molecule has 1 amide bonds. The van der Waals surface area contributed by atoms with Crippen molar-refractivity contribution in [2.24, 2.45) is 5.92 Å². The van der Waals surface area contributed by atoms with Crippen molar-refractivity contribution >= 4 is 44.1 Å². The summed E-state index contributed by atoms with van der Waals surface area (Å²) in [5, 5.41) is 3.88. The molecule has 4 rings (SSSR count). The number of aromatic nitrogens is 2. The first-order valence-corrected chi connectivity index (χ1v) is 10.8. The third kappa shape index (κ3) is 3.50. The molecule has 0 aliphatic carbocycles. The van der Waals surface area contributed by atoms with Gasteiger partial charge in [-0.25, -0.2) is 13.4 Å². The highest BCUT2D eigenvalue weighted by Gasteiger charge is 2.33. The van der Waals surface area contributed by atoms with Gasteiger partial charge < -0.3 is 10.3 Å². The number of benzene rings is 1. The van der Waals surface area contributed by atoms with Crippen molar-refractivity contribution in [2.45, 2.75) is 17.7 Å². The summed E-state index contributed by atoms with van der Waals surface area (Å²) >= 11 is 5.95. The van der Waals surface area contributed by atoms with Crippen LogP contribution in [-0.2, 0) is 14.8 Å². The zero-order valence-electron chi connectivity index (χ0n) is 14.9. The smallest absolute Gasteiger partial charge is 0.246 e. The normalized spacial score (nSPS) is 16.3. The average Bonchev–Trinajstić information content (AvgIpc) is 3.18. The molecule has 9 heteroatoms. The predicted octanol–water partition coefficient (Wildman–Crippen LogP) is 3.26. The highest BCUT2D eigenvalue weighted by molar-refractivity contribution is 7.89. The van der Waals surface area contributed by atoms with Crippen LogP contribution in [0.2, 0.25) is 5.15 Å². The third-order valence-electron chi connectivity index (χ3n) is 5.02. The molecule has 1 aliphatic heterocycles. The van der Waals surface area contributed by atoms with Crippen LogP contribution in [0.1, 0.15) is 12.8 Å². The Morgan fingerprint density at radius 1 is 1.18 bits per heavy atom. The predicted molar refractivity (Wildman–Crippen MR) is 108 cm³/mol. The van der Waals surface area contributed by atoms with E-state index in [1.54, 1.807) is 6.07 Å². The van der Waals surface area contributed by atoms with Gasteiger partial charge in [0.05, 0.1) is 5.69 Å². The number of piperidine rings is 1. The van der Waals surface area contributed by atoms with Crippen molar-refractivity contribution in [3.63, 3.8) is 0 Å². The molecule has 28 heavy (non-hydrogen) atoms. The second-order valence-electron chi connectivity index (χ2n) is 6.70. The van der Waals surface area contributed by atoms with Crippen LogP contribution >= 0.6 is 11.6 Å². The van der Waals surface area contributed by atoms with Gasteiger partial charge in [0.1, 0.15) is 10.0 Å². The van der Waals surface area contributed by atoms with E-state index in [-0.39, 0.29) is 35.0 Å². The number of nitrogens with one attached hydrogen (secondary N) is 2. The molecule has 7 nitrogen and oxygen atoms in total. The largest absolute Gasteiger partial charge is 0.361 e. The number of carbonyl (C=O) groups excluding carboxylic acids is 1. The average molecular weight is 419 g/mol. The first-order valence-electron chi connectivity index (χ1n) is 8.94. The lowest BCUT2D eigenvalue weighted by molar-refractivity contribution is -0.120. The SMILES string of the molecule is O=C(Nc1cccc2[nH]ccc12)C1CCN(S(=O)(=O)c2cccnc2Cl)CC1. The van der Waals surface area contributed by atoms with Crippen LogP contribution in [0.5, 0.6) is 0 Å². The van der Waals surface area contributed by atoms with Crippen molar-refractivity contribution in [3.05, 3.63) is 53.9 Å². The van der Waals surface area contributed by atoms with Gasteiger partial charge in [0, 0.05) is 42.3 Å². The minimum Gasteiger partial charge on any atom is -0.361 e. The van der Waals surface area contributed by atoms with E-state index in [0.29, 0.717) is 12.8 Å². The number of fused-ring (bicyclic) bond motifs is 1. The van der Waals surface area contributed by atoms with Crippen LogP contribution in [0.3, 0.4) is 0 Å². The lowest BCUT2D eigenvalue weighted by Crippen LogP contribution is -2.41. The molecule has 1 aromatic carbocycles. The third-order valence-corrected chi connectivity index (χ3v) is 7.36. The van der Waals surface area contributed by atoms with E-state index in [4.69, 9.17) is 11.6 Å². The van der Waals surface area contributed by atoms with Gasteiger partial charge >= 0.3 is 0 Å². The maximum absolute atomic E-state index is 12.8. The zero-order valence-corrected chi connectivity index (χ0v) is 16.5. The fourth-order valence-corrected chi connectivity index (χ4v) is 5.39. The Bertz CT molecular complexity index is 1120. The summed E-state index contributed by atoms with van der Waals surface area (Å²) in [6.45, 7) is 0.528. The summed E-state index contributed by atoms with van der Waals surface area (Å²) in [5.74, 6) is -0.338. The fraction of sp³-hybridized carbons (Fsp3) is 0.263. The van der Waals surface area contributed by atoms with Crippen molar-refractivity contribution in [3.8, 4) is 0 Å². The van der Waals surface area contributed by atoms with Gasteiger partial charge in [-0.2, -0.15) is 4.31 Å². The van der Waals surface area contributed by atoms with E-state index < -0.39 is 10.0 Å². The molecule has 146 valence electrons. The number of halogens is 1. The van der Waals surface area contributed by atoms with Crippen molar-refractivity contribution in [1.82, 2.24) is 14.3 Å². The Morgan fingerprint density at radius 2 is 1.96 bits per heavy atom. The molecule has 0 radical (unpaired) electrons. The molecule has 0 unspecified atom stereocenters. The summed E-state index contributed by atoms with van der Waals surface area (Å²) in [5.41, 5.74) is 1.70. The number of carbonyl (C=O) groups is 1. The van der Waals surface area contributed by atoms with E-state index in [0.717, 1.165) is 16.6 Å². The number of rotatable bonds is 4. The van der Waals surface area contributed by atoms with Crippen LogP contribution < -0.4 is 5.32 Å². The Hall–Kier alpha value is -2.42. The monoisotopic (exact) mass is 418 g/mol. The van der Waals surface area contributed by atoms with Crippen molar-refractivity contribution in [1.29, 1.82) is 0 Å². The Kier molecular flexibility index (Phi) is 5.09. The molecule has 0 atom stereocenters. The minimum absolute atomic E-state index is 0.00120. The molecule has 3 heterocycles. The van der Waals surface area contributed by atoms with E-state index >= 15 is 0 Å². The van der Waals surface area contributed by atoms with Crippen LogP contribution in [0.4, 0.5) is 5.69 Å². The van der Waals surface area contributed by atoms with Crippen LogP contribution in [0.15, 0.2) is 53.7 Å². The number of hydrogen-bond donors (Lipinski definition) is 2. The minimum atomic E-state index is -3.72. The highest BCUT2D eigenvalue weighted by Crippen LogP contribution is 2.28. The van der Waals surface area contributed by atoms with Gasteiger partial charge in [-0.15, -0.1) is 0 Å². The maximum atomic E-state index is 12.8. The lowest BCUT2D eigenvalue weighted by Gasteiger charge is -2.30. The fourth-order valence-electron chi connectivity index (χ4n) is 3.49. The molecule has 2 aromatic heterocycles. The number of H-pyrrole nitrogens is 1. The van der Waals surface area contributed by atoms with E-state index in [1.165, 1.54) is 16.6 Å². The molecule has 3 aromatic rings. The molecular weight excluding hydrogens is 400 g/mol. The summed E-state index contributed by atoms with van der Waals surface area (Å²) in [7, 11) is -3.72. The van der Waals surface area contributed by atoms with E-state index in [1.807, 2.05) is 30.5 Å². The molecular formula is C19H19ClN4O3S. The molecule has 1 saturated heterocycles. The number of aromatic amines is 1. The summed E-state index contributed by atoms with van der Waals surface area (Å²) in [6, 6.07) is 10.6. The molecule has 1 fully saturated rings. The number of hydrogen-bond acceptors (Lipinski definition) is 4. The second-order valence-corrected chi connectivity index (χ2v) is 8.97. The number of amides is 1. The Morgan fingerprint density at radius 3 is 2.71 bits per heavy atom. The first-order chi connectivity index (χ1) is 13.5. The number of anilines is 1. The summed E-state index contributed by atoms with van der Waals surface area (Å²) in [6.07, 6.45) is 4.17. The van der Waals surface area contributed by atoms with Gasteiger partial charge in [-0.05, 0) is 43.2 Å². The van der Waals surface area contributed by atoms with Gasteiger partial charge in [-0.1, -0.05) is 17.7 Å². The molecule has 0 bridgehead atoms. The number of sulfonamides is 1.